The fourth-order valence-corrected chi connectivity index (χ4v) is 4.82. The molecule has 2 aromatic heterocycles. The molecule has 0 bridgehead atoms. The minimum Gasteiger partial charge on any atom is -0.361 e. The molecule has 2 aromatic carbocycles. The van der Waals surface area contributed by atoms with Gasteiger partial charge in [0.1, 0.15) is 28.9 Å². The maximum atomic E-state index is 13.7. The summed E-state index contributed by atoms with van der Waals surface area (Å²) in [4.78, 5) is 40.6. The van der Waals surface area contributed by atoms with Crippen LogP contribution in [0.25, 0.3) is 22.4 Å². The number of carbonyl (C=O) groups is 2. The SMILES string of the molecule is Cn1cnc2c(-c3ccc([C@@]4(CN5Cc6ccc(F)cc6C5=O)NC(O)NC4=O)cc3)ncnc21. The van der Waals surface area contributed by atoms with Gasteiger partial charge in [-0.1, -0.05) is 30.3 Å². The van der Waals surface area contributed by atoms with Crippen molar-refractivity contribution in [1.29, 1.82) is 0 Å². The molecular formula is C24H20FN7O3. The first kappa shape index (κ1) is 21.3. The number of aliphatic hydroxyl groups excluding tert-OH is 1. The first-order valence-electron chi connectivity index (χ1n) is 10.9. The Morgan fingerprint density at radius 2 is 1.94 bits per heavy atom. The van der Waals surface area contributed by atoms with Crippen LogP contribution in [0.3, 0.4) is 0 Å². The van der Waals surface area contributed by atoms with Gasteiger partial charge in [0.15, 0.2) is 12.0 Å². The Morgan fingerprint density at radius 3 is 2.69 bits per heavy atom. The van der Waals surface area contributed by atoms with E-state index >= 15 is 0 Å². The molecule has 176 valence electrons. The molecule has 4 heterocycles. The average molecular weight is 473 g/mol. The highest BCUT2D eigenvalue weighted by Gasteiger charge is 2.50. The number of aromatic nitrogens is 4. The second-order valence-corrected chi connectivity index (χ2v) is 8.72. The van der Waals surface area contributed by atoms with Crippen LogP contribution < -0.4 is 10.6 Å². The van der Waals surface area contributed by atoms with Gasteiger partial charge in [0.05, 0.1) is 12.9 Å². The number of hydrogen-bond acceptors (Lipinski definition) is 7. The van der Waals surface area contributed by atoms with E-state index in [0.717, 1.165) is 5.56 Å². The Kier molecular flexibility index (Phi) is 4.66. The van der Waals surface area contributed by atoms with Crippen molar-refractivity contribution in [1.82, 2.24) is 35.1 Å². The maximum Gasteiger partial charge on any atom is 0.254 e. The number of carbonyl (C=O) groups excluding carboxylic acids is 2. The zero-order valence-corrected chi connectivity index (χ0v) is 18.6. The van der Waals surface area contributed by atoms with Crippen LogP contribution in [0.4, 0.5) is 4.39 Å². The van der Waals surface area contributed by atoms with Crippen molar-refractivity contribution in [2.24, 2.45) is 7.05 Å². The third kappa shape index (κ3) is 3.27. The monoisotopic (exact) mass is 473 g/mol. The number of rotatable bonds is 4. The predicted molar refractivity (Wildman–Crippen MR) is 122 cm³/mol. The van der Waals surface area contributed by atoms with Gasteiger partial charge in [0, 0.05) is 24.7 Å². The average Bonchev–Trinajstić information content (AvgIpc) is 3.48. The van der Waals surface area contributed by atoms with Crippen molar-refractivity contribution in [3.05, 3.63) is 77.6 Å². The highest BCUT2D eigenvalue weighted by atomic mass is 19.1. The number of nitrogens with zero attached hydrogens (tertiary/aromatic N) is 5. The molecule has 2 aliphatic rings. The number of halogens is 1. The number of amides is 2. The van der Waals surface area contributed by atoms with E-state index in [1.807, 2.05) is 19.2 Å². The molecule has 1 fully saturated rings. The van der Waals surface area contributed by atoms with Crippen molar-refractivity contribution in [2.45, 2.75) is 18.4 Å². The van der Waals surface area contributed by atoms with Gasteiger partial charge in [-0.2, -0.15) is 0 Å². The van der Waals surface area contributed by atoms with Gasteiger partial charge in [0.25, 0.3) is 5.91 Å². The minimum absolute atomic E-state index is 0.0532. The second-order valence-electron chi connectivity index (χ2n) is 8.72. The summed E-state index contributed by atoms with van der Waals surface area (Å²) >= 11 is 0. The fourth-order valence-electron chi connectivity index (χ4n) is 4.82. The van der Waals surface area contributed by atoms with Crippen LogP contribution >= 0.6 is 0 Å². The molecule has 4 aromatic rings. The van der Waals surface area contributed by atoms with Crippen molar-refractivity contribution in [3.63, 3.8) is 0 Å². The molecule has 0 aliphatic carbocycles. The van der Waals surface area contributed by atoms with Crippen LogP contribution in [-0.2, 0) is 23.9 Å². The van der Waals surface area contributed by atoms with Crippen LogP contribution in [0.1, 0.15) is 21.5 Å². The van der Waals surface area contributed by atoms with Gasteiger partial charge in [0.2, 0.25) is 5.91 Å². The van der Waals surface area contributed by atoms with Crippen LogP contribution in [0.5, 0.6) is 0 Å². The standard InChI is InChI=1S/C24H20FN7O3/c1-31-12-28-19-18(26-11-27-20(19)31)13-2-5-15(6-3-13)24(22(34)29-23(35)30-24)10-32-9-14-4-7-16(25)8-17(14)21(32)33/h2-8,11-12,23,30,35H,9-10H2,1H3,(H,29,34)/t23?,24-/m1/s1. The molecule has 11 heteroatoms. The summed E-state index contributed by atoms with van der Waals surface area (Å²) in [5.74, 6) is -1.34. The second kappa shape index (κ2) is 7.65. The molecule has 35 heavy (non-hydrogen) atoms. The van der Waals surface area contributed by atoms with E-state index in [-0.39, 0.29) is 24.6 Å². The first-order valence-corrected chi connectivity index (χ1v) is 10.9. The van der Waals surface area contributed by atoms with Crippen molar-refractivity contribution >= 4 is 23.0 Å². The normalized spacial score (nSPS) is 21.6. The summed E-state index contributed by atoms with van der Waals surface area (Å²) in [6.45, 7) is 0.181. The lowest BCUT2D eigenvalue weighted by Gasteiger charge is -2.32. The van der Waals surface area contributed by atoms with Crippen molar-refractivity contribution in [2.75, 3.05) is 6.54 Å². The molecule has 1 saturated heterocycles. The Labute approximate surface area is 198 Å². The predicted octanol–water partition coefficient (Wildman–Crippen LogP) is 1.02. The summed E-state index contributed by atoms with van der Waals surface area (Å²) < 4.78 is 15.5. The number of imidazole rings is 1. The van der Waals surface area contributed by atoms with Gasteiger partial charge in [-0.05, 0) is 23.3 Å². The van der Waals surface area contributed by atoms with Gasteiger partial charge < -0.3 is 19.9 Å². The van der Waals surface area contributed by atoms with Gasteiger partial charge in [-0.25, -0.2) is 19.3 Å². The zero-order chi connectivity index (χ0) is 24.3. The Hall–Kier alpha value is -4.22. The first-order chi connectivity index (χ1) is 16.9. The zero-order valence-electron chi connectivity index (χ0n) is 18.6. The lowest BCUT2D eigenvalue weighted by Crippen LogP contribution is -2.53. The number of aryl methyl sites for hydroxylation is 1. The molecule has 0 saturated carbocycles. The molecule has 0 radical (unpaired) electrons. The molecule has 2 aliphatic heterocycles. The summed E-state index contributed by atoms with van der Waals surface area (Å²) in [5.41, 5.74) is 2.87. The summed E-state index contributed by atoms with van der Waals surface area (Å²) in [6.07, 6.45) is 1.85. The van der Waals surface area contributed by atoms with E-state index in [0.29, 0.717) is 28.0 Å². The maximum absolute atomic E-state index is 13.7. The number of fused-ring (bicyclic) bond motifs is 2. The van der Waals surface area contributed by atoms with Gasteiger partial charge >= 0.3 is 0 Å². The molecule has 6 rings (SSSR count). The summed E-state index contributed by atoms with van der Waals surface area (Å²) in [7, 11) is 1.85. The number of hydrogen-bond donors (Lipinski definition) is 3. The lowest BCUT2D eigenvalue weighted by molar-refractivity contribution is -0.125. The van der Waals surface area contributed by atoms with E-state index in [4.69, 9.17) is 0 Å². The molecule has 0 spiro atoms. The topological polar surface area (TPSA) is 125 Å². The molecule has 3 N–H and O–H groups in total. The highest BCUT2D eigenvalue weighted by Crippen LogP contribution is 2.33. The van der Waals surface area contributed by atoms with Gasteiger partial charge in [-0.3, -0.25) is 14.9 Å². The van der Waals surface area contributed by atoms with Crippen LogP contribution in [0, 0.1) is 5.82 Å². The van der Waals surface area contributed by atoms with E-state index in [2.05, 4.69) is 25.6 Å². The highest BCUT2D eigenvalue weighted by molar-refractivity contribution is 5.99. The molecule has 2 amide bonds. The third-order valence-electron chi connectivity index (χ3n) is 6.57. The van der Waals surface area contributed by atoms with Crippen molar-refractivity contribution < 1.29 is 19.1 Å². The minimum atomic E-state index is -1.40. The molecule has 10 nitrogen and oxygen atoms in total. The quantitative estimate of drug-likeness (QED) is 0.404. The number of benzene rings is 2. The van der Waals surface area contributed by atoms with Gasteiger partial charge in [-0.15, -0.1) is 0 Å². The lowest BCUT2D eigenvalue weighted by atomic mass is 9.88. The smallest absolute Gasteiger partial charge is 0.254 e. The molecular weight excluding hydrogens is 453 g/mol. The van der Waals surface area contributed by atoms with Crippen LogP contribution in [-0.4, -0.2) is 54.2 Å². The van der Waals surface area contributed by atoms with Crippen molar-refractivity contribution in [3.8, 4) is 11.3 Å². The molecule has 1 unspecified atom stereocenters. The third-order valence-corrected chi connectivity index (χ3v) is 6.57. The Bertz CT molecular complexity index is 1500. The molecule has 2 atom stereocenters. The van der Waals surface area contributed by atoms with E-state index < -0.39 is 23.6 Å². The van der Waals surface area contributed by atoms with E-state index in [1.165, 1.54) is 23.4 Å². The summed E-state index contributed by atoms with van der Waals surface area (Å²) in [5, 5.41) is 15.5. The van der Waals surface area contributed by atoms with E-state index in [1.54, 1.807) is 29.1 Å². The van der Waals surface area contributed by atoms with E-state index in [9.17, 15) is 19.1 Å². The van der Waals surface area contributed by atoms with Crippen LogP contribution in [0.2, 0.25) is 0 Å². The fraction of sp³-hybridized carbons (Fsp3) is 0.208. The largest absolute Gasteiger partial charge is 0.361 e. The Morgan fingerprint density at radius 1 is 1.14 bits per heavy atom. The Balaban J connectivity index is 1.36. The van der Waals surface area contributed by atoms with Crippen LogP contribution in [0.15, 0.2) is 55.1 Å². The number of nitrogens with one attached hydrogen (secondary N) is 2. The summed E-state index contributed by atoms with van der Waals surface area (Å²) in [6, 6.07) is 11.2. The number of aliphatic hydroxyl groups is 1.